The van der Waals surface area contributed by atoms with E-state index in [-0.39, 0.29) is 36.1 Å². The Morgan fingerprint density at radius 1 is 1.00 bits per heavy atom. The van der Waals surface area contributed by atoms with Gasteiger partial charge in [0.15, 0.2) is 5.66 Å². The van der Waals surface area contributed by atoms with E-state index in [0.29, 0.717) is 55.0 Å². The molecular weight excluding hydrogens is 639 g/mol. The van der Waals surface area contributed by atoms with E-state index >= 15 is 0 Å². The summed E-state index contributed by atoms with van der Waals surface area (Å²) in [7, 11) is 0. The molecule has 3 amide bonds. The zero-order valence-electron chi connectivity index (χ0n) is 27.3. The second-order valence-electron chi connectivity index (χ2n) is 13.6. The number of carbonyl (C=O) groups excluding carboxylic acids is 2. The molecule has 254 valence electrons. The average Bonchev–Trinajstić information content (AvgIpc) is 3.25. The molecule has 3 saturated heterocycles. The Bertz CT molecular complexity index is 1460. The van der Waals surface area contributed by atoms with Crippen molar-refractivity contribution in [1.82, 2.24) is 19.6 Å². The number of amides is 3. The van der Waals surface area contributed by atoms with Crippen molar-refractivity contribution in [1.29, 1.82) is 0 Å². The van der Waals surface area contributed by atoms with Crippen LogP contribution < -0.4 is 5.32 Å². The van der Waals surface area contributed by atoms with Gasteiger partial charge in [0.25, 0.3) is 0 Å². The molecule has 3 atom stereocenters. The number of anilines is 1. The van der Waals surface area contributed by atoms with Crippen molar-refractivity contribution in [3.05, 3.63) is 63.6 Å². The molecule has 0 bridgehead atoms. The quantitative estimate of drug-likeness (QED) is 0.275. The molecule has 6 rings (SSSR count). The Morgan fingerprint density at radius 3 is 2.43 bits per heavy atom. The van der Waals surface area contributed by atoms with Gasteiger partial charge >= 0.3 is 12.1 Å². The van der Waals surface area contributed by atoms with Crippen molar-refractivity contribution in [2.45, 2.75) is 69.7 Å². The number of quaternary nitrogens is 1. The minimum atomic E-state index is -1.06. The summed E-state index contributed by atoms with van der Waals surface area (Å²) in [4.78, 5) is 49.4. The molecule has 4 aliphatic heterocycles. The number of fused-ring (bicyclic) bond motifs is 1. The van der Waals surface area contributed by atoms with Crippen LogP contribution in [0.3, 0.4) is 0 Å². The van der Waals surface area contributed by atoms with E-state index in [9.17, 15) is 19.5 Å². The Labute approximate surface area is 287 Å². The normalized spacial score (nSPS) is 28.4. The van der Waals surface area contributed by atoms with Gasteiger partial charge in [0.1, 0.15) is 12.8 Å². The van der Waals surface area contributed by atoms with Crippen molar-refractivity contribution < 1.29 is 24.0 Å². The fourth-order valence-electron chi connectivity index (χ4n) is 8.77. The van der Waals surface area contributed by atoms with Gasteiger partial charge in [-0.05, 0) is 49.6 Å². The maximum Gasteiger partial charge on any atom is 0.515 e. The van der Waals surface area contributed by atoms with E-state index < -0.39 is 11.8 Å². The Kier molecular flexibility index (Phi) is 10.5. The number of nitrogens with one attached hydrogen (secondary N) is 1. The number of piperidine rings is 2. The van der Waals surface area contributed by atoms with Gasteiger partial charge in [0.05, 0.1) is 23.0 Å². The summed E-state index contributed by atoms with van der Waals surface area (Å²) < 4.78 is -0.324. The number of likely N-dealkylation sites (N-methyl/N-ethyl adjacent to an activating group) is 1. The van der Waals surface area contributed by atoms with Crippen LogP contribution in [0.25, 0.3) is 0 Å². The predicted octanol–water partition coefficient (Wildman–Crippen LogP) is 5.63. The maximum absolute atomic E-state index is 13.8. The van der Waals surface area contributed by atoms with E-state index in [2.05, 4.69) is 26.9 Å². The molecule has 0 spiro atoms. The lowest BCUT2D eigenvalue weighted by Gasteiger charge is -2.59. The molecular formula is C35H47Cl2N6O4+. The highest BCUT2D eigenvalue weighted by Gasteiger charge is 2.64. The highest BCUT2D eigenvalue weighted by molar-refractivity contribution is 6.42. The molecule has 0 aliphatic carbocycles. The van der Waals surface area contributed by atoms with Gasteiger partial charge in [0, 0.05) is 82.0 Å². The number of hydrogen-bond donors (Lipinski definition) is 2. The first kappa shape index (κ1) is 34.1. The molecule has 12 heteroatoms. The molecule has 2 N–H and O–H groups in total. The van der Waals surface area contributed by atoms with Crippen molar-refractivity contribution in [2.75, 3.05) is 64.2 Å². The topological polar surface area (TPSA) is 96.4 Å². The summed E-state index contributed by atoms with van der Waals surface area (Å²) in [5.41, 5.74) is 1.58. The lowest BCUT2D eigenvalue weighted by atomic mass is 9.81. The lowest BCUT2D eigenvalue weighted by Crippen LogP contribution is -2.78. The lowest BCUT2D eigenvalue weighted by molar-refractivity contribution is -0.942. The SMILES string of the molecule is CCN1CCN(C2CCN(C3(CC=O)CC(N4CCc5ccccc5NC4=O)CC[N@+]3(Cc3ccc(Cl)c(Cl)c3)C(=O)O)CC2)CC1. The predicted molar refractivity (Wildman–Crippen MR) is 184 cm³/mol. The zero-order valence-corrected chi connectivity index (χ0v) is 28.8. The van der Waals surface area contributed by atoms with Crippen LogP contribution >= 0.6 is 23.2 Å². The zero-order chi connectivity index (χ0) is 33.2. The number of rotatable bonds is 8. The van der Waals surface area contributed by atoms with Crippen LogP contribution in [-0.2, 0) is 17.8 Å². The van der Waals surface area contributed by atoms with Gasteiger partial charge in [-0.15, -0.1) is 0 Å². The molecule has 10 nitrogen and oxygen atoms in total. The van der Waals surface area contributed by atoms with Gasteiger partial charge in [-0.3, -0.25) is 9.80 Å². The summed E-state index contributed by atoms with van der Waals surface area (Å²) in [6, 6.07) is 13.1. The van der Waals surface area contributed by atoms with Crippen LogP contribution in [0.5, 0.6) is 0 Å². The highest BCUT2D eigenvalue weighted by atomic mass is 35.5. The van der Waals surface area contributed by atoms with E-state index in [1.54, 1.807) is 12.1 Å². The third-order valence-electron chi connectivity index (χ3n) is 11.4. The Balaban J connectivity index is 1.33. The summed E-state index contributed by atoms with van der Waals surface area (Å²) in [5.74, 6) is 0. The number of halogens is 2. The number of para-hydroxylation sites is 1. The number of likely N-dealkylation sites (tertiary alicyclic amines) is 2. The third kappa shape index (κ3) is 6.65. The molecule has 0 radical (unpaired) electrons. The first-order valence-corrected chi connectivity index (χ1v) is 17.8. The highest BCUT2D eigenvalue weighted by Crippen LogP contribution is 2.46. The van der Waals surface area contributed by atoms with E-state index in [4.69, 9.17) is 23.2 Å². The molecule has 4 heterocycles. The number of urea groups is 1. The van der Waals surface area contributed by atoms with Gasteiger partial charge in [-0.25, -0.2) is 9.28 Å². The molecule has 2 aromatic rings. The van der Waals surface area contributed by atoms with Crippen LogP contribution in [0, 0.1) is 0 Å². The molecule has 47 heavy (non-hydrogen) atoms. The molecule has 0 saturated carbocycles. The average molecular weight is 687 g/mol. The van der Waals surface area contributed by atoms with E-state index in [1.807, 2.05) is 35.2 Å². The standard InChI is InChI=1S/C35H46Cl2N6O4/c1-2-39-17-19-40(20-18-39)28-10-14-41(15-11-28)35(13-22-44)24-29(42-16-9-27-5-3-4-6-32(27)38-33(42)45)12-21-43(35,34(46)47)25-26-7-8-30(36)31(37)23-26/h3-8,22-23,28-29H,2,9-21,24-25H2,1H3,(H-,38,45,46,47)/p+1/t29?,35?,43-/m0/s1. The van der Waals surface area contributed by atoms with E-state index in [0.717, 1.165) is 68.7 Å². The second-order valence-corrected chi connectivity index (χ2v) is 14.4. The number of aldehydes is 1. The number of hydrogen-bond acceptors (Lipinski definition) is 6. The third-order valence-corrected chi connectivity index (χ3v) is 12.2. The second kappa shape index (κ2) is 14.4. The van der Waals surface area contributed by atoms with Crippen molar-refractivity contribution in [3.8, 4) is 0 Å². The fraction of sp³-hybridized carbons (Fsp3) is 0.571. The molecule has 2 aromatic carbocycles. The summed E-state index contributed by atoms with van der Waals surface area (Å²) in [5, 5.41) is 15.1. The van der Waals surface area contributed by atoms with Gasteiger partial charge < -0.3 is 25.0 Å². The summed E-state index contributed by atoms with van der Waals surface area (Å²) >= 11 is 12.7. The van der Waals surface area contributed by atoms with Crippen LogP contribution in [0.1, 0.15) is 50.2 Å². The van der Waals surface area contributed by atoms with Gasteiger partial charge in [-0.2, -0.15) is 4.79 Å². The van der Waals surface area contributed by atoms with Gasteiger partial charge in [0.2, 0.25) is 0 Å². The summed E-state index contributed by atoms with van der Waals surface area (Å²) in [6.07, 6.45) is 3.35. The number of benzene rings is 2. The smallest absolute Gasteiger partial charge is 0.435 e. The molecule has 3 fully saturated rings. The fourth-order valence-corrected chi connectivity index (χ4v) is 9.09. The minimum Gasteiger partial charge on any atom is -0.435 e. The monoisotopic (exact) mass is 685 g/mol. The molecule has 0 aromatic heterocycles. The van der Waals surface area contributed by atoms with Gasteiger partial charge in [-0.1, -0.05) is 54.4 Å². The van der Waals surface area contributed by atoms with Crippen LogP contribution in [0.2, 0.25) is 10.0 Å². The first-order valence-electron chi connectivity index (χ1n) is 17.0. The number of nitrogens with zero attached hydrogens (tertiary/aromatic N) is 5. The molecule has 4 aliphatic rings. The van der Waals surface area contributed by atoms with Crippen molar-refractivity contribution in [3.63, 3.8) is 0 Å². The molecule has 2 unspecified atom stereocenters. The number of carbonyl (C=O) groups is 3. The first-order chi connectivity index (χ1) is 22.7. The largest absolute Gasteiger partial charge is 0.515 e. The number of carboxylic acid groups (broad SMARTS) is 1. The maximum atomic E-state index is 13.8. The van der Waals surface area contributed by atoms with Crippen LogP contribution in [0.15, 0.2) is 42.5 Å². The Morgan fingerprint density at radius 2 is 1.74 bits per heavy atom. The van der Waals surface area contributed by atoms with Crippen LogP contribution in [0.4, 0.5) is 15.3 Å². The number of piperazine rings is 1. The summed E-state index contributed by atoms with van der Waals surface area (Å²) in [6.45, 7) is 9.81. The Hall–Kier alpha value is -2.73. The van der Waals surface area contributed by atoms with Crippen molar-refractivity contribution in [2.24, 2.45) is 0 Å². The van der Waals surface area contributed by atoms with Crippen LogP contribution in [-0.4, -0.2) is 124 Å². The van der Waals surface area contributed by atoms with E-state index in [1.165, 1.54) is 0 Å². The minimum absolute atomic E-state index is 0.0483. The van der Waals surface area contributed by atoms with Crippen molar-refractivity contribution >= 4 is 47.3 Å².